The fraction of sp³-hybridized carbons (Fsp3) is 0.333. The molecule has 80 valence electrons. The van der Waals surface area contributed by atoms with Gasteiger partial charge >= 0.3 is 11.9 Å². The third kappa shape index (κ3) is 4.17. The number of hydrogen-bond donors (Lipinski definition) is 2. The predicted octanol–water partition coefficient (Wildman–Crippen LogP) is 0.121. The quantitative estimate of drug-likeness (QED) is 0.715. The van der Waals surface area contributed by atoms with Crippen LogP contribution in [0, 0.1) is 0 Å². The van der Waals surface area contributed by atoms with Gasteiger partial charge in [0.05, 0.1) is 12.8 Å². The van der Waals surface area contributed by atoms with Gasteiger partial charge in [-0.2, -0.15) is 0 Å². The van der Waals surface area contributed by atoms with Crippen molar-refractivity contribution in [3.05, 3.63) is 23.8 Å². The molecule has 0 saturated carbocycles. The molecule has 0 aliphatic rings. The molecule has 15 heavy (non-hydrogen) atoms. The van der Waals surface area contributed by atoms with Crippen LogP contribution in [-0.2, 0) is 22.4 Å². The molecule has 6 nitrogen and oxygen atoms in total. The van der Waals surface area contributed by atoms with Crippen molar-refractivity contribution < 1.29 is 19.8 Å². The highest BCUT2D eigenvalue weighted by Crippen LogP contribution is 2.00. The van der Waals surface area contributed by atoms with E-state index in [1.165, 1.54) is 12.4 Å². The molecule has 1 heterocycles. The maximum Gasteiger partial charge on any atom is 0.307 e. The third-order valence-electron chi connectivity index (χ3n) is 1.68. The summed E-state index contributed by atoms with van der Waals surface area (Å²) in [5.41, 5.74) is 0.501. The van der Waals surface area contributed by atoms with Crippen molar-refractivity contribution in [2.45, 2.75) is 19.3 Å². The molecule has 0 aliphatic heterocycles. The van der Waals surface area contributed by atoms with Crippen molar-refractivity contribution in [1.82, 2.24) is 9.97 Å². The molecule has 1 rings (SSSR count). The first-order valence-corrected chi connectivity index (χ1v) is 4.31. The van der Waals surface area contributed by atoms with E-state index in [1.54, 1.807) is 0 Å². The normalized spacial score (nSPS) is 9.87. The Morgan fingerprint density at radius 1 is 1.13 bits per heavy atom. The summed E-state index contributed by atoms with van der Waals surface area (Å²) in [6.07, 6.45) is 2.90. The fourth-order valence-electron chi connectivity index (χ4n) is 0.995. The van der Waals surface area contributed by atoms with Crippen molar-refractivity contribution in [3.8, 4) is 0 Å². The second-order valence-electron chi connectivity index (χ2n) is 2.97. The predicted molar refractivity (Wildman–Crippen MR) is 49.3 cm³/mol. The summed E-state index contributed by atoms with van der Waals surface area (Å²) in [6.45, 7) is 0. The highest BCUT2D eigenvalue weighted by molar-refractivity contribution is 5.69. The van der Waals surface area contributed by atoms with Gasteiger partial charge in [0.25, 0.3) is 0 Å². The Hall–Kier alpha value is -1.98. The fourth-order valence-corrected chi connectivity index (χ4v) is 0.995. The van der Waals surface area contributed by atoms with Crippen LogP contribution in [0.15, 0.2) is 12.4 Å². The monoisotopic (exact) mass is 210 g/mol. The number of carbonyl (C=O) groups is 2. The van der Waals surface area contributed by atoms with Gasteiger partial charge in [-0.05, 0) is 5.56 Å². The van der Waals surface area contributed by atoms with E-state index < -0.39 is 11.9 Å². The number of aryl methyl sites for hydroxylation is 1. The van der Waals surface area contributed by atoms with Crippen molar-refractivity contribution in [3.63, 3.8) is 0 Å². The van der Waals surface area contributed by atoms with Crippen molar-refractivity contribution in [1.29, 1.82) is 0 Å². The van der Waals surface area contributed by atoms with Crippen LogP contribution in [0.2, 0.25) is 0 Å². The Labute approximate surface area is 85.6 Å². The minimum atomic E-state index is -0.947. The van der Waals surface area contributed by atoms with Gasteiger partial charge < -0.3 is 10.2 Å². The smallest absolute Gasteiger partial charge is 0.307 e. The van der Waals surface area contributed by atoms with Crippen LogP contribution < -0.4 is 0 Å². The maximum atomic E-state index is 10.3. The van der Waals surface area contributed by atoms with E-state index in [0.717, 1.165) is 0 Å². The summed E-state index contributed by atoms with van der Waals surface area (Å²) < 4.78 is 0. The van der Waals surface area contributed by atoms with Crippen molar-refractivity contribution >= 4 is 11.9 Å². The molecule has 2 N–H and O–H groups in total. The van der Waals surface area contributed by atoms with Gasteiger partial charge in [-0.1, -0.05) is 0 Å². The van der Waals surface area contributed by atoms with E-state index in [2.05, 4.69) is 9.97 Å². The number of nitrogens with zero attached hydrogens (tertiary/aromatic N) is 2. The zero-order chi connectivity index (χ0) is 11.3. The Balaban J connectivity index is 2.56. The first-order valence-electron chi connectivity index (χ1n) is 4.31. The number of aromatic nitrogens is 2. The van der Waals surface area contributed by atoms with Gasteiger partial charge in [0.2, 0.25) is 0 Å². The first kappa shape index (κ1) is 11.1. The summed E-state index contributed by atoms with van der Waals surface area (Å²) >= 11 is 0. The molecule has 0 spiro atoms. The highest BCUT2D eigenvalue weighted by atomic mass is 16.4. The van der Waals surface area contributed by atoms with Gasteiger partial charge in [-0.25, -0.2) is 9.97 Å². The van der Waals surface area contributed by atoms with Gasteiger partial charge in [0.15, 0.2) is 0 Å². The summed E-state index contributed by atoms with van der Waals surface area (Å²) in [7, 11) is 0. The minimum absolute atomic E-state index is 0.0295. The van der Waals surface area contributed by atoms with E-state index in [-0.39, 0.29) is 19.3 Å². The number of aliphatic carboxylic acids is 2. The first-order chi connectivity index (χ1) is 7.08. The van der Waals surface area contributed by atoms with E-state index >= 15 is 0 Å². The van der Waals surface area contributed by atoms with Gasteiger partial charge in [0, 0.05) is 18.8 Å². The second-order valence-corrected chi connectivity index (χ2v) is 2.97. The van der Waals surface area contributed by atoms with E-state index in [1.807, 2.05) is 0 Å². The third-order valence-corrected chi connectivity index (χ3v) is 1.68. The van der Waals surface area contributed by atoms with Crippen LogP contribution in [0.4, 0.5) is 0 Å². The molecule has 0 bridgehead atoms. The zero-order valence-corrected chi connectivity index (χ0v) is 7.88. The van der Waals surface area contributed by atoms with Crippen LogP contribution >= 0.6 is 0 Å². The topological polar surface area (TPSA) is 100 Å². The molecule has 6 heteroatoms. The van der Waals surface area contributed by atoms with Crippen molar-refractivity contribution in [2.24, 2.45) is 0 Å². The van der Waals surface area contributed by atoms with Gasteiger partial charge in [-0.3, -0.25) is 9.59 Å². The summed E-state index contributed by atoms with van der Waals surface area (Å²) in [4.78, 5) is 28.3. The number of carboxylic acid groups (broad SMARTS) is 2. The lowest BCUT2D eigenvalue weighted by molar-refractivity contribution is -0.137. The molecule has 0 unspecified atom stereocenters. The summed E-state index contributed by atoms with van der Waals surface area (Å²) in [6, 6.07) is 0. The van der Waals surface area contributed by atoms with E-state index in [4.69, 9.17) is 10.2 Å². The molecular weight excluding hydrogens is 200 g/mol. The summed E-state index contributed by atoms with van der Waals surface area (Å²) in [5, 5.41) is 16.9. The van der Waals surface area contributed by atoms with Gasteiger partial charge in [0.1, 0.15) is 5.82 Å². The molecular formula is C9H10N2O4. The SMILES string of the molecule is O=C(O)CCc1ncc(CC(=O)O)cn1. The highest BCUT2D eigenvalue weighted by Gasteiger charge is 2.04. The molecule has 0 amide bonds. The van der Waals surface area contributed by atoms with Crippen LogP contribution in [0.25, 0.3) is 0 Å². The molecule has 0 aliphatic carbocycles. The Morgan fingerprint density at radius 3 is 2.20 bits per heavy atom. The summed E-state index contributed by atoms with van der Waals surface area (Å²) in [5.74, 6) is -1.45. The molecule has 0 radical (unpaired) electrons. The Bertz CT molecular complexity index is 361. The van der Waals surface area contributed by atoms with Crippen LogP contribution in [0.3, 0.4) is 0 Å². The molecule has 0 aromatic carbocycles. The Morgan fingerprint density at radius 2 is 1.73 bits per heavy atom. The minimum Gasteiger partial charge on any atom is -0.481 e. The number of rotatable bonds is 5. The molecule has 1 aromatic heterocycles. The average molecular weight is 210 g/mol. The lowest BCUT2D eigenvalue weighted by Crippen LogP contribution is -2.04. The van der Waals surface area contributed by atoms with Crippen LogP contribution in [-0.4, -0.2) is 32.1 Å². The second kappa shape index (κ2) is 5.04. The average Bonchev–Trinajstić information content (AvgIpc) is 2.16. The lowest BCUT2D eigenvalue weighted by atomic mass is 10.2. The van der Waals surface area contributed by atoms with Crippen LogP contribution in [0.1, 0.15) is 17.8 Å². The van der Waals surface area contributed by atoms with Crippen molar-refractivity contribution in [2.75, 3.05) is 0 Å². The molecule has 1 aromatic rings. The maximum absolute atomic E-state index is 10.3. The number of carboxylic acids is 2. The largest absolute Gasteiger partial charge is 0.481 e. The standard InChI is InChI=1S/C9H10N2O4/c12-8(13)2-1-7-10-4-6(5-11-7)3-9(14)15/h4-5H,1-3H2,(H,12,13)(H,14,15). The molecule has 0 fully saturated rings. The van der Waals surface area contributed by atoms with Gasteiger partial charge in [-0.15, -0.1) is 0 Å². The molecule has 0 saturated heterocycles. The lowest BCUT2D eigenvalue weighted by Gasteiger charge is -1.98. The van der Waals surface area contributed by atoms with E-state index in [9.17, 15) is 9.59 Å². The Kier molecular flexibility index (Phi) is 3.73. The molecule has 0 atom stereocenters. The zero-order valence-electron chi connectivity index (χ0n) is 7.88. The number of hydrogen-bond acceptors (Lipinski definition) is 4. The van der Waals surface area contributed by atoms with E-state index in [0.29, 0.717) is 11.4 Å². The van der Waals surface area contributed by atoms with Crippen LogP contribution in [0.5, 0.6) is 0 Å².